The Balaban J connectivity index is 1.24. The Morgan fingerprint density at radius 1 is 1.11 bits per heavy atom. The molecule has 0 bridgehead atoms. The second-order valence-electron chi connectivity index (χ2n) is 9.56. The van der Waals surface area contributed by atoms with E-state index < -0.39 is 0 Å². The highest BCUT2D eigenvalue weighted by molar-refractivity contribution is 7.99. The second kappa shape index (κ2) is 8.76. The molecule has 0 radical (unpaired) electrons. The largest absolute Gasteiger partial charge is 0.342 e. The van der Waals surface area contributed by atoms with Gasteiger partial charge in [-0.25, -0.2) is 9.97 Å². The molecule has 0 amide bonds. The van der Waals surface area contributed by atoms with Crippen LogP contribution in [-0.2, 0) is 12.8 Å². The lowest BCUT2D eigenvalue weighted by atomic mass is 9.73. The fraction of sp³-hybridized carbons (Fsp3) is 0.385. The van der Waals surface area contributed by atoms with Gasteiger partial charge >= 0.3 is 0 Å². The maximum atomic E-state index is 6.78. The van der Waals surface area contributed by atoms with Gasteiger partial charge in [0.1, 0.15) is 0 Å². The Kier molecular flexibility index (Phi) is 5.70. The molecule has 1 aliphatic carbocycles. The minimum Gasteiger partial charge on any atom is -0.342 e. The van der Waals surface area contributed by atoms with Gasteiger partial charge in [-0.3, -0.25) is 14.4 Å². The zero-order valence-electron chi connectivity index (χ0n) is 19.9. The SMILES string of the molecule is CCc1nccc(Sc2cnc(N3CCC4(CC3)Cc3nc(C)ccc3[C@H]4N)n3ccnc23)c1Cl. The molecule has 1 spiro atoms. The summed E-state index contributed by atoms with van der Waals surface area (Å²) in [7, 11) is 0. The van der Waals surface area contributed by atoms with Crippen molar-refractivity contribution in [3.63, 3.8) is 0 Å². The van der Waals surface area contributed by atoms with E-state index in [9.17, 15) is 0 Å². The van der Waals surface area contributed by atoms with Crippen LogP contribution in [0.3, 0.4) is 0 Å². The number of hydrogen-bond donors (Lipinski definition) is 1. The fourth-order valence-electron chi connectivity index (χ4n) is 5.56. The summed E-state index contributed by atoms with van der Waals surface area (Å²) in [6.45, 7) is 5.92. The van der Waals surface area contributed by atoms with E-state index in [0.717, 1.165) is 71.5 Å². The Bertz CT molecular complexity index is 1410. The Morgan fingerprint density at radius 2 is 1.94 bits per heavy atom. The average Bonchev–Trinajstić information content (AvgIpc) is 3.45. The molecule has 4 aromatic heterocycles. The van der Waals surface area contributed by atoms with Crippen LogP contribution >= 0.6 is 23.4 Å². The van der Waals surface area contributed by atoms with Crippen LogP contribution in [0.5, 0.6) is 0 Å². The number of nitrogens with two attached hydrogens (primary N) is 1. The van der Waals surface area contributed by atoms with Gasteiger partial charge in [-0.2, -0.15) is 0 Å². The van der Waals surface area contributed by atoms with E-state index >= 15 is 0 Å². The van der Waals surface area contributed by atoms with Crippen molar-refractivity contribution in [2.75, 3.05) is 18.0 Å². The van der Waals surface area contributed by atoms with Gasteiger partial charge in [0.25, 0.3) is 0 Å². The molecule has 7 nitrogen and oxygen atoms in total. The van der Waals surface area contributed by atoms with Crippen molar-refractivity contribution in [3.05, 3.63) is 70.7 Å². The van der Waals surface area contributed by atoms with Gasteiger partial charge in [-0.05, 0) is 55.7 Å². The molecule has 0 aromatic carbocycles. The maximum Gasteiger partial charge on any atom is 0.211 e. The van der Waals surface area contributed by atoms with Gasteiger partial charge in [-0.15, -0.1) is 0 Å². The summed E-state index contributed by atoms with van der Waals surface area (Å²) in [5.41, 5.74) is 12.1. The van der Waals surface area contributed by atoms with Crippen molar-refractivity contribution in [3.8, 4) is 0 Å². The molecular formula is C26H28ClN7S. The predicted molar refractivity (Wildman–Crippen MR) is 139 cm³/mol. The normalized spacial score (nSPS) is 19.0. The summed E-state index contributed by atoms with van der Waals surface area (Å²) in [5.74, 6) is 0.921. The third kappa shape index (κ3) is 3.79. The van der Waals surface area contributed by atoms with E-state index in [0.29, 0.717) is 5.02 Å². The van der Waals surface area contributed by atoms with Crippen LogP contribution in [-0.4, -0.2) is 37.4 Å². The Hall–Kier alpha value is -2.68. The monoisotopic (exact) mass is 505 g/mol. The Morgan fingerprint density at radius 3 is 2.74 bits per heavy atom. The molecule has 1 atom stereocenters. The lowest BCUT2D eigenvalue weighted by Gasteiger charge is -2.42. The zero-order valence-corrected chi connectivity index (χ0v) is 21.5. The number of nitrogens with zero attached hydrogens (tertiary/aromatic N) is 6. The standard InChI is InChI=1S/C26H28ClN7S/c1-3-18-22(27)20(6-9-29-18)35-21-15-31-25(34-13-10-30-24(21)34)33-11-7-26(8-12-33)14-19-17(23(26)28)5-4-16(2)32-19/h4-6,9-10,13,15,23H,3,7-8,11-12,14,28H2,1-2H3/t23-/m1/s1. The summed E-state index contributed by atoms with van der Waals surface area (Å²) in [6, 6.07) is 6.25. The minimum absolute atomic E-state index is 0.0471. The van der Waals surface area contributed by atoms with E-state index in [1.165, 1.54) is 11.3 Å². The fourth-order valence-corrected chi connectivity index (χ4v) is 6.84. The highest BCUT2D eigenvalue weighted by atomic mass is 35.5. The highest BCUT2D eigenvalue weighted by Gasteiger charge is 2.47. The molecule has 5 heterocycles. The number of halogens is 1. The number of aromatic nitrogens is 5. The lowest BCUT2D eigenvalue weighted by molar-refractivity contribution is 0.186. The van der Waals surface area contributed by atoms with Crippen LogP contribution in [0, 0.1) is 12.3 Å². The third-order valence-corrected chi connectivity index (χ3v) is 9.16. The van der Waals surface area contributed by atoms with Gasteiger partial charge < -0.3 is 10.6 Å². The molecule has 2 N–H and O–H groups in total. The molecule has 180 valence electrons. The van der Waals surface area contributed by atoms with E-state index in [-0.39, 0.29) is 11.5 Å². The first kappa shape index (κ1) is 22.8. The number of aryl methyl sites for hydroxylation is 2. The summed E-state index contributed by atoms with van der Waals surface area (Å²) >= 11 is 8.18. The number of rotatable bonds is 4. The number of pyridine rings is 2. The van der Waals surface area contributed by atoms with Crippen LogP contribution in [0.4, 0.5) is 5.95 Å². The summed E-state index contributed by atoms with van der Waals surface area (Å²) in [5, 5.41) is 0.702. The molecular weight excluding hydrogens is 478 g/mol. The van der Waals surface area contributed by atoms with Gasteiger partial charge in [0, 0.05) is 60.2 Å². The molecule has 0 unspecified atom stereocenters. The van der Waals surface area contributed by atoms with E-state index in [4.69, 9.17) is 27.3 Å². The molecule has 1 saturated heterocycles. The summed E-state index contributed by atoms with van der Waals surface area (Å²) in [4.78, 5) is 23.0. The van der Waals surface area contributed by atoms with E-state index in [2.05, 4.69) is 45.2 Å². The third-order valence-electron chi connectivity index (χ3n) is 7.56. The van der Waals surface area contributed by atoms with E-state index in [1.807, 2.05) is 30.9 Å². The number of piperidine rings is 1. The molecule has 1 fully saturated rings. The van der Waals surface area contributed by atoms with Crippen molar-refractivity contribution in [1.82, 2.24) is 24.3 Å². The molecule has 35 heavy (non-hydrogen) atoms. The van der Waals surface area contributed by atoms with Gasteiger partial charge in [0.2, 0.25) is 5.95 Å². The lowest BCUT2D eigenvalue weighted by Crippen LogP contribution is -2.45. The first-order valence-corrected chi connectivity index (χ1v) is 13.3. The molecule has 1 aliphatic heterocycles. The van der Waals surface area contributed by atoms with Crippen molar-refractivity contribution >= 4 is 35.0 Å². The second-order valence-corrected chi connectivity index (χ2v) is 11.0. The maximum absolute atomic E-state index is 6.78. The number of fused-ring (bicyclic) bond motifs is 2. The van der Waals surface area contributed by atoms with Crippen molar-refractivity contribution in [2.24, 2.45) is 11.1 Å². The molecule has 0 saturated carbocycles. The first-order valence-electron chi connectivity index (χ1n) is 12.1. The topological polar surface area (TPSA) is 85.2 Å². The van der Waals surface area contributed by atoms with Crippen molar-refractivity contribution < 1.29 is 0 Å². The summed E-state index contributed by atoms with van der Waals surface area (Å²) < 4.78 is 2.09. The quantitative estimate of drug-likeness (QED) is 0.416. The minimum atomic E-state index is 0.0471. The van der Waals surface area contributed by atoms with Crippen molar-refractivity contribution in [1.29, 1.82) is 0 Å². The van der Waals surface area contributed by atoms with Gasteiger partial charge in [0.15, 0.2) is 5.65 Å². The average molecular weight is 506 g/mol. The summed E-state index contributed by atoms with van der Waals surface area (Å²) in [6.07, 6.45) is 11.3. The zero-order chi connectivity index (χ0) is 24.2. The smallest absolute Gasteiger partial charge is 0.211 e. The van der Waals surface area contributed by atoms with Crippen LogP contribution in [0.15, 0.2) is 52.8 Å². The van der Waals surface area contributed by atoms with Crippen LogP contribution in [0.2, 0.25) is 5.02 Å². The predicted octanol–water partition coefficient (Wildman–Crippen LogP) is 5.04. The van der Waals surface area contributed by atoms with E-state index in [1.54, 1.807) is 11.8 Å². The first-order chi connectivity index (χ1) is 17.0. The molecule has 9 heteroatoms. The van der Waals surface area contributed by atoms with Crippen LogP contribution < -0.4 is 10.6 Å². The van der Waals surface area contributed by atoms with Gasteiger partial charge in [0.05, 0.1) is 15.6 Å². The Labute approximate surface area is 214 Å². The van der Waals surface area contributed by atoms with Crippen LogP contribution in [0.1, 0.15) is 48.5 Å². The number of anilines is 1. The number of hydrogen-bond acceptors (Lipinski definition) is 7. The van der Waals surface area contributed by atoms with Gasteiger partial charge in [-0.1, -0.05) is 36.4 Å². The van der Waals surface area contributed by atoms with Crippen molar-refractivity contribution in [2.45, 2.75) is 55.4 Å². The molecule has 6 rings (SSSR count). The number of imidazole rings is 1. The van der Waals surface area contributed by atoms with Crippen LogP contribution in [0.25, 0.3) is 5.65 Å². The molecule has 4 aromatic rings. The molecule has 2 aliphatic rings. The highest BCUT2D eigenvalue weighted by Crippen LogP contribution is 2.50.